The molecule has 1 fully saturated rings. The number of nitrogens with zero attached hydrogens (tertiary/aromatic N) is 3. The molecular formula is C16H17ClFN3O4S. The number of aromatic nitrogens is 2. The molecule has 0 saturated carbocycles. The van der Waals surface area contributed by atoms with Crippen LogP contribution in [-0.2, 0) is 21.9 Å². The van der Waals surface area contributed by atoms with E-state index >= 15 is 0 Å². The zero-order valence-corrected chi connectivity index (χ0v) is 15.5. The van der Waals surface area contributed by atoms with E-state index in [2.05, 4.69) is 4.98 Å². The number of carbonyl (C=O) groups excluding carboxylic acids is 1. The number of imidazole rings is 1. The van der Waals surface area contributed by atoms with Crippen LogP contribution in [0.2, 0.25) is 5.02 Å². The number of esters is 1. The van der Waals surface area contributed by atoms with Crippen molar-refractivity contribution in [1.29, 1.82) is 0 Å². The van der Waals surface area contributed by atoms with Crippen molar-refractivity contribution < 1.29 is 22.3 Å². The Hall–Kier alpha value is -1.97. The Balaban J connectivity index is 1.71. The van der Waals surface area contributed by atoms with Crippen LogP contribution in [0.25, 0.3) is 0 Å². The summed E-state index contributed by atoms with van der Waals surface area (Å²) in [6.45, 7) is 0.298. The predicted molar refractivity (Wildman–Crippen MR) is 91.7 cm³/mol. The number of hydrogen-bond donors (Lipinski definition) is 0. The number of halogens is 2. The summed E-state index contributed by atoms with van der Waals surface area (Å²) in [7, 11) is -2.10. The Labute approximate surface area is 155 Å². The minimum atomic E-state index is -3.78. The van der Waals surface area contributed by atoms with Crippen LogP contribution in [0.15, 0.2) is 35.7 Å². The van der Waals surface area contributed by atoms with Crippen molar-refractivity contribution in [1.82, 2.24) is 13.9 Å². The van der Waals surface area contributed by atoms with Gasteiger partial charge in [-0.3, -0.25) is 4.79 Å². The lowest BCUT2D eigenvalue weighted by Gasteiger charge is -2.30. The van der Waals surface area contributed by atoms with Crippen LogP contribution in [-0.4, -0.2) is 41.3 Å². The molecule has 1 aliphatic rings. The summed E-state index contributed by atoms with van der Waals surface area (Å²) < 4.78 is 46.7. The average molecular weight is 402 g/mol. The van der Waals surface area contributed by atoms with Gasteiger partial charge in [-0.05, 0) is 25.0 Å². The molecule has 2 heterocycles. The van der Waals surface area contributed by atoms with E-state index in [-0.39, 0.29) is 22.3 Å². The number of ether oxygens (including phenoxy) is 1. The first-order valence-electron chi connectivity index (χ1n) is 7.92. The van der Waals surface area contributed by atoms with E-state index in [0.717, 1.165) is 6.07 Å². The van der Waals surface area contributed by atoms with Gasteiger partial charge in [-0.25, -0.2) is 17.8 Å². The predicted octanol–water partition coefficient (Wildman–Crippen LogP) is 2.22. The summed E-state index contributed by atoms with van der Waals surface area (Å²) in [4.78, 5) is 16.2. The number of benzene rings is 1. The van der Waals surface area contributed by atoms with E-state index in [1.807, 2.05) is 0 Å². The molecule has 1 saturated heterocycles. The number of sulfonamides is 1. The number of rotatable bonds is 4. The van der Waals surface area contributed by atoms with Gasteiger partial charge in [-0.2, -0.15) is 4.31 Å². The van der Waals surface area contributed by atoms with Crippen molar-refractivity contribution in [3.8, 4) is 5.75 Å². The lowest BCUT2D eigenvalue weighted by atomic mass is 10.00. The maximum Gasteiger partial charge on any atom is 0.315 e. The van der Waals surface area contributed by atoms with E-state index in [1.54, 1.807) is 7.05 Å². The molecule has 1 atom stereocenters. The fourth-order valence-electron chi connectivity index (χ4n) is 2.75. The third-order valence-electron chi connectivity index (χ3n) is 4.11. The molecule has 1 aliphatic heterocycles. The maximum absolute atomic E-state index is 13.5. The highest BCUT2D eigenvalue weighted by molar-refractivity contribution is 7.89. The number of carbonyl (C=O) groups is 1. The van der Waals surface area contributed by atoms with Gasteiger partial charge in [0.2, 0.25) is 0 Å². The first kappa shape index (κ1) is 18.8. The average Bonchev–Trinajstić information content (AvgIpc) is 3.05. The van der Waals surface area contributed by atoms with E-state index in [4.69, 9.17) is 16.3 Å². The van der Waals surface area contributed by atoms with Crippen molar-refractivity contribution in [3.05, 3.63) is 41.6 Å². The lowest BCUT2D eigenvalue weighted by molar-refractivity contribution is -0.140. The van der Waals surface area contributed by atoms with Crippen molar-refractivity contribution in [3.63, 3.8) is 0 Å². The molecule has 10 heteroatoms. The summed E-state index contributed by atoms with van der Waals surface area (Å²) >= 11 is 5.60. The van der Waals surface area contributed by atoms with Crippen molar-refractivity contribution in [2.75, 3.05) is 13.1 Å². The van der Waals surface area contributed by atoms with E-state index in [0.29, 0.717) is 19.4 Å². The van der Waals surface area contributed by atoms with Gasteiger partial charge in [0.25, 0.3) is 10.0 Å². The van der Waals surface area contributed by atoms with Crippen LogP contribution in [0.5, 0.6) is 5.75 Å². The first-order chi connectivity index (χ1) is 12.3. The first-order valence-corrected chi connectivity index (χ1v) is 9.74. The summed E-state index contributed by atoms with van der Waals surface area (Å²) in [6.07, 6.45) is 3.81. The van der Waals surface area contributed by atoms with Crippen molar-refractivity contribution >= 4 is 27.6 Å². The molecule has 0 bridgehead atoms. The molecule has 0 amide bonds. The SMILES string of the molecule is Cn1cnc(S(=O)(=O)N2CCC[C@H](C(=O)Oc3ccc(Cl)c(F)c3)C2)c1. The fraction of sp³-hybridized carbons (Fsp3) is 0.375. The summed E-state index contributed by atoms with van der Waals surface area (Å²) in [5.41, 5.74) is 0. The summed E-state index contributed by atoms with van der Waals surface area (Å²) in [5.74, 6) is -1.91. The van der Waals surface area contributed by atoms with Crippen LogP contribution in [0.4, 0.5) is 4.39 Å². The van der Waals surface area contributed by atoms with Gasteiger partial charge in [-0.1, -0.05) is 11.6 Å². The van der Waals surface area contributed by atoms with Gasteiger partial charge in [0.1, 0.15) is 11.6 Å². The van der Waals surface area contributed by atoms with Gasteiger partial charge < -0.3 is 9.30 Å². The lowest BCUT2D eigenvalue weighted by Crippen LogP contribution is -2.43. The van der Waals surface area contributed by atoms with E-state index in [9.17, 15) is 17.6 Å². The Kier molecular flexibility index (Phi) is 5.31. The largest absolute Gasteiger partial charge is 0.426 e. The molecule has 0 N–H and O–H groups in total. The Morgan fingerprint density at radius 3 is 2.85 bits per heavy atom. The number of piperidine rings is 1. The monoisotopic (exact) mass is 401 g/mol. The highest BCUT2D eigenvalue weighted by Crippen LogP contribution is 2.26. The molecule has 7 nitrogen and oxygen atoms in total. The number of hydrogen-bond acceptors (Lipinski definition) is 5. The van der Waals surface area contributed by atoms with Crippen molar-refractivity contribution in [2.24, 2.45) is 13.0 Å². The zero-order valence-electron chi connectivity index (χ0n) is 13.9. The van der Waals surface area contributed by atoms with Crippen molar-refractivity contribution in [2.45, 2.75) is 17.9 Å². The van der Waals surface area contributed by atoms with Crippen LogP contribution in [0.3, 0.4) is 0 Å². The standard InChI is InChI=1S/C16H17ClFN3O4S/c1-20-9-15(19-10-20)26(23,24)21-6-2-3-11(8-21)16(22)25-12-4-5-13(17)14(18)7-12/h4-5,7,9-11H,2-3,6,8H2,1H3/t11-/m0/s1. The normalized spacial score (nSPS) is 18.7. The maximum atomic E-state index is 13.5. The molecule has 1 aromatic carbocycles. The molecule has 2 aromatic rings. The second kappa shape index (κ2) is 7.34. The molecule has 140 valence electrons. The highest BCUT2D eigenvalue weighted by Gasteiger charge is 2.35. The quantitative estimate of drug-likeness (QED) is 0.579. The fourth-order valence-corrected chi connectivity index (χ4v) is 4.35. The van der Waals surface area contributed by atoms with Gasteiger partial charge in [-0.15, -0.1) is 0 Å². The van der Waals surface area contributed by atoms with E-state index < -0.39 is 27.7 Å². The topological polar surface area (TPSA) is 81.5 Å². The molecular weight excluding hydrogens is 385 g/mol. The molecule has 3 rings (SSSR count). The van der Waals surface area contributed by atoms with Gasteiger partial charge in [0, 0.05) is 32.4 Å². The van der Waals surface area contributed by atoms with Crippen LogP contribution in [0, 0.1) is 11.7 Å². The zero-order chi connectivity index (χ0) is 18.9. The summed E-state index contributed by atoms with van der Waals surface area (Å²) in [5, 5.41) is -0.135. The third kappa shape index (κ3) is 3.89. The Bertz CT molecular complexity index is 931. The molecule has 1 aromatic heterocycles. The smallest absolute Gasteiger partial charge is 0.315 e. The minimum absolute atomic E-state index is 0.00614. The van der Waals surface area contributed by atoms with Gasteiger partial charge in [0.15, 0.2) is 5.03 Å². The van der Waals surface area contributed by atoms with Gasteiger partial charge in [0.05, 0.1) is 17.3 Å². The van der Waals surface area contributed by atoms with Gasteiger partial charge >= 0.3 is 5.97 Å². The molecule has 0 spiro atoms. The second-order valence-electron chi connectivity index (χ2n) is 6.08. The van der Waals surface area contributed by atoms with Crippen LogP contribution < -0.4 is 4.74 Å². The molecule has 0 radical (unpaired) electrons. The highest BCUT2D eigenvalue weighted by atomic mass is 35.5. The third-order valence-corrected chi connectivity index (χ3v) is 6.17. The molecule has 26 heavy (non-hydrogen) atoms. The second-order valence-corrected chi connectivity index (χ2v) is 8.37. The Morgan fingerprint density at radius 2 is 2.19 bits per heavy atom. The van der Waals surface area contributed by atoms with Crippen LogP contribution >= 0.6 is 11.6 Å². The Morgan fingerprint density at radius 1 is 1.42 bits per heavy atom. The molecule has 0 unspecified atom stereocenters. The summed E-state index contributed by atoms with van der Waals surface area (Å²) in [6, 6.07) is 3.69. The molecule has 0 aliphatic carbocycles. The van der Waals surface area contributed by atoms with E-state index in [1.165, 1.54) is 33.5 Å². The minimum Gasteiger partial charge on any atom is -0.426 e. The van der Waals surface area contributed by atoms with Crippen LogP contribution in [0.1, 0.15) is 12.8 Å². The number of aryl methyl sites for hydroxylation is 1.